The van der Waals surface area contributed by atoms with Gasteiger partial charge >= 0.3 is 5.97 Å². The average molecular weight is 246 g/mol. The Bertz CT molecular complexity index is 465. The first-order chi connectivity index (χ1) is 8.51. The van der Waals surface area contributed by atoms with Gasteiger partial charge in [-0.1, -0.05) is 19.1 Å². The van der Waals surface area contributed by atoms with E-state index in [1.54, 1.807) is 19.2 Å². The summed E-state index contributed by atoms with van der Waals surface area (Å²) in [6.07, 6.45) is 0.550. The number of carbonyl (C=O) groups is 1. The quantitative estimate of drug-likeness (QED) is 0.866. The van der Waals surface area contributed by atoms with Crippen molar-refractivity contribution >= 4 is 5.97 Å². The standard InChI is InChI=1S/C14H18N2O2/c1-4-13(14(17)18)16(3)10(2)12-7-5-6-11(8-12)9-15/h5-8,10,13H,4H2,1-3H3,(H,17,18). The first-order valence-electron chi connectivity index (χ1n) is 5.96. The van der Waals surface area contributed by atoms with Gasteiger partial charge in [0.25, 0.3) is 0 Å². The van der Waals surface area contributed by atoms with Crippen molar-refractivity contribution in [3.05, 3.63) is 35.4 Å². The molecule has 1 N–H and O–H groups in total. The van der Waals surface area contributed by atoms with Crippen LogP contribution in [-0.4, -0.2) is 29.1 Å². The van der Waals surface area contributed by atoms with E-state index in [0.717, 1.165) is 5.56 Å². The molecule has 18 heavy (non-hydrogen) atoms. The summed E-state index contributed by atoms with van der Waals surface area (Å²) in [5.41, 5.74) is 1.55. The molecule has 0 spiro atoms. The van der Waals surface area contributed by atoms with Crippen LogP contribution in [0.5, 0.6) is 0 Å². The number of nitriles is 1. The molecule has 1 rings (SSSR count). The zero-order valence-electron chi connectivity index (χ0n) is 10.9. The van der Waals surface area contributed by atoms with Gasteiger partial charge in [-0.25, -0.2) is 0 Å². The Kier molecular flexibility index (Phi) is 4.87. The van der Waals surface area contributed by atoms with E-state index in [9.17, 15) is 4.79 Å². The molecule has 0 fully saturated rings. The molecule has 0 aliphatic carbocycles. The summed E-state index contributed by atoms with van der Waals surface area (Å²) in [4.78, 5) is 13.0. The van der Waals surface area contributed by atoms with E-state index in [1.807, 2.05) is 30.9 Å². The average Bonchev–Trinajstić information content (AvgIpc) is 2.38. The maximum atomic E-state index is 11.1. The van der Waals surface area contributed by atoms with Crippen LogP contribution in [0.2, 0.25) is 0 Å². The molecule has 0 aliphatic heterocycles. The van der Waals surface area contributed by atoms with E-state index in [2.05, 4.69) is 6.07 Å². The number of carboxylic acids is 1. The van der Waals surface area contributed by atoms with Gasteiger partial charge in [0.15, 0.2) is 0 Å². The van der Waals surface area contributed by atoms with E-state index in [0.29, 0.717) is 12.0 Å². The highest BCUT2D eigenvalue weighted by Crippen LogP contribution is 2.22. The summed E-state index contributed by atoms with van der Waals surface area (Å²) in [5, 5.41) is 18.0. The summed E-state index contributed by atoms with van der Waals surface area (Å²) in [6, 6.07) is 8.82. The van der Waals surface area contributed by atoms with Gasteiger partial charge in [0.2, 0.25) is 0 Å². The maximum absolute atomic E-state index is 11.1. The van der Waals surface area contributed by atoms with Gasteiger partial charge in [-0.05, 0) is 38.1 Å². The predicted octanol–water partition coefficient (Wildman–Crippen LogP) is 2.41. The minimum atomic E-state index is -0.816. The van der Waals surface area contributed by atoms with Crippen LogP contribution in [0.3, 0.4) is 0 Å². The molecule has 2 atom stereocenters. The number of rotatable bonds is 5. The number of likely N-dealkylation sites (N-methyl/N-ethyl adjacent to an activating group) is 1. The molecule has 96 valence electrons. The van der Waals surface area contributed by atoms with Gasteiger partial charge in [0, 0.05) is 6.04 Å². The highest BCUT2D eigenvalue weighted by Gasteiger charge is 2.25. The molecular weight excluding hydrogens is 228 g/mol. The Labute approximate surface area is 107 Å². The van der Waals surface area contributed by atoms with Crippen LogP contribution >= 0.6 is 0 Å². The number of benzene rings is 1. The molecule has 4 nitrogen and oxygen atoms in total. The van der Waals surface area contributed by atoms with Crippen LogP contribution < -0.4 is 0 Å². The van der Waals surface area contributed by atoms with E-state index >= 15 is 0 Å². The van der Waals surface area contributed by atoms with Crippen LogP contribution in [-0.2, 0) is 4.79 Å². The lowest BCUT2D eigenvalue weighted by molar-refractivity contribution is -0.143. The number of hydrogen-bond donors (Lipinski definition) is 1. The highest BCUT2D eigenvalue weighted by atomic mass is 16.4. The first kappa shape index (κ1) is 14.2. The number of nitrogens with zero attached hydrogens (tertiary/aromatic N) is 2. The fourth-order valence-electron chi connectivity index (χ4n) is 2.01. The van der Waals surface area contributed by atoms with Gasteiger partial charge in [-0.3, -0.25) is 9.69 Å². The fraction of sp³-hybridized carbons (Fsp3) is 0.429. The molecule has 0 amide bonds. The van der Waals surface area contributed by atoms with Crippen molar-refractivity contribution in [1.82, 2.24) is 4.90 Å². The van der Waals surface area contributed by atoms with Crippen molar-refractivity contribution in [2.75, 3.05) is 7.05 Å². The monoisotopic (exact) mass is 246 g/mol. The molecule has 0 heterocycles. The summed E-state index contributed by atoms with van der Waals surface area (Å²) in [6.45, 7) is 3.80. The molecule has 0 bridgehead atoms. The number of aliphatic carboxylic acids is 1. The summed E-state index contributed by atoms with van der Waals surface area (Å²) < 4.78 is 0. The largest absolute Gasteiger partial charge is 0.480 e. The van der Waals surface area contributed by atoms with Crippen LogP contribution in [0.4, 0.5) is 0 Å². The molecule has 0 saturated heterocycles. The van der Waals surface area contributed by atoms with Gasteiger partial charge in [-0.2, -0.15) is 5.26 Å². The van der Waals surface area contributed by atoms with Crippen molar-refractivity contribution in [2.45, 2.75) is 32.4 Å². The Morgan fingerprint density at radius 1 is 1.56 bits per heavy atom. The fourth-order valence-corrected chi connectivity index (χ4v) is 2.01. The minimum absolute atomic E-state index is 0.0423. The third-order valence-electron chi connectivity index (χ3n) is 3.27. The first-order valence-corrected chi connectivity index (χ1v) is 5.96. The molecule has 0 saturated carbocycles. The molecule has 0 aromatic heterocycles. The Hall–Kier alpha value is -1.86. The lowest BCUT2D eigenvalue weighted by Crippen LogP contribution is -2.39. The van der Waals surface area contributed by atoms with Gasteiger partial charge in [0.05, 0.1) is 11.6 Å². The number of carboxylic acid groups (broad SMARTS) is 1. The van der Waals surface area contributed by atoms with E-state index in [1.165, 1.54) is 0 Å². The predicted molar refractivity (Wildman–Crippen MR) is 69.0 cm³/mol. The Morgan fingerprint density at radius 3 is 2.72 bits per heavy atom. The van der Waals surface area contributed by atoms with Crippen molar-refractivity contribution in [1.29, 1.82) is 5.26 Å². The molecular formula is C14H18N2O2. The molecule has 0 aliphatic rings. The number of hydrogen-bond acceptors (Lipinski definition) is 3. The Morgan fingerprint density at radius 2 is 2.22 bits per heavy atom. The van der Waals surface area contributed by atoms with Crippen molar-refractivity contribution in [3.63, 3.8) is 0 Å². The van der Waals surface area contributed by atoms with Gasteiger partial charge in [-0.15, -0.1) is 0 Å². The van der Waals surface area contributed by atoms with Crippen LogP contribution in [0.15, 0.2) is 24.3 Å². The van der Waals surface area contributed by atoms with Crippen LogP contribution in [0, 0.1) is 11.3 Å². The Balaban J connectivity index is 2.95. The molecule has 4 heteroatoms. The zero-order chi connectivity index (χ0) is 13.7. The SMILES string of the molecule is CCC(C(=O)O)N(C)C(C)c1cccc(C#N)c1. The molecule has 1 aromatic rings. The molecule has 2 unspecified atom stereocenters. The highest BCUT2D eigenvalue weighted by molar-refractivity contribution is 5.73. The topological polar surface area (TPSA) is 64.3 Å². The normalized spacial score (nSPS) is 13.9. The van der Waals surface area contributed by atoms with Crippen molar-refractivity contribution in [3.8, 4) is 6.07 Å². The van der Waals surface area contributed by atoms with Crippen LogP contribution in [0.25, 0.3) is 0 Å². The molecule has 1 aromatic carbocycles. The van der Waals surface area contributed by atoms with E-state index < -0.39 is 12.0 Å². The zero-order valence-corrected chi connectivity index (χ0v) is 10.9. The molecule has 0 radical (unpaired) electrons. The van der Waals surface area contributed by atoms with Crippen molar-refractivity contribution in [2.24, 2.45) is 0 Å². The second kappa shape index (κ2) is 6.18. The van der Waals surface area contributed by atoms with Crippen molar-refractivity contribution < 1.29 is 9.90 Å². The smallest absolute Gasteiger partial charge is 0.320 e. The lowest BCUT2D eigenvalue weighted by Gasteiger charge is -2.30. The van der Waals surface area contributed by atoms with Gasteiger partial charge < -0.3 is 5.11 Å². The second-order valence-corrected chi connectivity index (χ2v) is 4.34. The summed E-state index contributed by atoms with van der Waals surface area (Å²) >= 11 is 0. The van der Waals surface area contributed by atoms with E-state index in [-0.39, 0.29) is 6.04 Å². The summed E-state index contributed by atoms with van der Waals surface area (Å²) in [7, 11) is 1.80. The minimum Gasteiger partial charge on any atom is -0.480 e. The van der Waals surface area contributed by atoms with Gasteiger partial charge in [0.1, 0.15) is 6.04 Å². The second-order valence-electron chi connectivity index (χ2n) is 4.34. The lowest BCUT2D eigenvalue weighted by atomic mass is 10.0. The third-order valence-corrected chi connectivity index (χ3v) is 3.27. The van der Waals surface area contributed by atoms with Crippen LogP contribution in [0.1, 0.15) is 37.4 Å². The maximum Gasteiger partial charge on any atom is 0.320 e. The third kappa shape index (κ3) is 3.08. The van der Waals surface area contributed by atoms with E-state index in [4.69, 9.17) is 10.4 Å². The summed E-state index contributed by atoms with van der Waals surface area (Å²) in [5.74, 6) is -0.816.